The van der Waals surface area contributed by atoms with E-state index in [-0.39, 0.29) is 18.4 Å². The molecule has 3 heterocycles. The van der Waals surface area contributed by atoms with Gasteiger partial charge in [0, 0.05) is 30.9 Å². The number of hydrogen-bond acceptors (Lipinski definition) is 6. The van der Waals surface area contributed by atoms with Gasteiger partial charge in [0.25, 0.3) is 5.91 Å². The highest BCUT2D eigenvalue weighted by atomic mass is 35.5. The molecule has 0 spiro atoms. The number of rotatable bonds is 4. The summed E-state index contributed by atoms with van der Waals surface area (Å²) in [5, 5.41) is 21.0. The molecular weight excluding hydrogens is 368 g/mol. The van der Waals surface area contributed by atoms with Gasteiger partial charge in [0.15, 0.2) is 5.65 Å². The maximum atomic E-state index is 12.8. The zero-order chi connectivity index (χ0) is 18.8. The Morgan fingerprint density at radius 2 is 2.22 bits per heavy atom. The molecule has 1 aliphatic rings. The largest absolute Gasteiger partial charge is 0.396 e. The van der Waals surface area contributed by atoms with E-state index in [1.54, 1.807) is 12.1 Å². The first-order valence-electron chi connectivity index (χ1n) is 8.77. The molecule has 1 aliphatic heterocycles. The minimum absolute atomic E-state index is 0.160. The Morgan fingerprint density at radius 1 is 1.33 bits per heavy atom. The van der Waals surface area contributed by atoms with Crippen molar-refractivity contribution in [1.82, 2.24) is 19.8 Å². The van der Waals surface area contributed by atoms with Crippen molar-refractivity contribution in [3.05, 3.63) is 47.4 Å². The number of aromatic nitrogens is 4. The second-order valence-corrected chi connectivity index (χ2v) is 7.00. The Bertz CT molecular complexity index is 975. The fourth-order valence-electron chi connectivity index (χ4n) is 3.40. The maximum absolute atomic E-state index is 12.8. The van der Waals surface area contributed by atoms with Crippen LogP contribution in [0.1, 0.15) is 23.2 Å². The fraction of sp³-hybridized carbons (Fsp3) is 0.333. The van der Waals surface area contributed by atoms with Crippen LogP contribution in [0.5, 0.6) is 0 Å². The predicted octanol–water partition coefficient (Wildman–Crippen LogP) is 2.24. The van der Waals surface area contributed by atoms with Crippen LogP contribution in [0.15, 0.2) is 36.8 Å². The molecule has 9 heteroatoms. The van der Waals surface area contributed by atoms with Crippen molar-refractivity contribution < 1.29 is 9.90 Å². The molecule has 140 valence electrons. The second-order valence-electron chi connectivity index (χ2n) is 6.57. The van der Waals surface area contributed by atoms with Gasteiger partial charge in [-0.1, -0.05) is 11.6 Å². The van der Waals surface area contributed by atoms with E-state index in [9.17, 15) is 9.90 Å². The third-order valence-corrected chi connectivity index (χ3v) is 4.97. The average Bonchev–Trinajstić information content (AvgIpc) is 3.12. The van der Waals surface area contributed by atoms with E-state index < -0.39 is 0 Å². The summed E-state index contributed by atoms with van der Waals surface area (Å²) in [6.45, 7) is 1.76. The molecule has 0 saturated carbocycles. The SMILES string of the molecule is O=C(Nc1cc(Cl)ccc1N1CCCC(CO)C1)c1cnn2nccnc12. The summed E-state index contributed by atoms with van der Waals surface area (Å²) in [5.74, 6) is -0.0994. The summed E-state index contributed by atoms with van der Waals surface area (Å²) in [6, 6.07) is 5.43. The van der Waals surface area contributed by atoms with E-state index in [0.29, 0.717) is 21.9 Å². The Hall–Kier alpha value is -2.71. The van der Waals surface area contributed by atoms with Crippen LogP contribution in [0.4, 0.5) is 11.4 Å². The minimum atomic E-state index is -0.329. The van der Waals surface area contributed by atoms with Gasteiger partial charge in [0.2, 0.25) is 0 Å². The van der Waals surface area contributed by atoms with Crippen LogP contribution in [0.3, 0.4) is 0 Å². The molecule has 8 nitrogen and oxygen atoms in total. The van der Waals surface area contributed by atoms with E-state index in [1.165, 1.54) is 23.2 Å². The van der Waals surface area contributed by atoms with E-state index in [1.807, 2.05) is 6.07 Å². The molecule has 1 unspecified atom stereocenters. The van der Waals surface area contributed by atoms with Crippen molar-refractivity contribution in [3.63, 3.8) is 0 Å². The van der Waals surface area contributed by atoms with Crippen LogP contribution >= 0.6 is 11.6 Å². The molecule has 1 saturated heterocycles. The monoisotopic (exact) mass is 386 g/mol. The molecule has 0 aliphatic carbocycles. The number of carbonyl (C=O) groups is 1. The molecule has 1 atom stereocenters. The van der Waals surface area contributed by atoms with Crippen molar-refractivity contribution in [2.24, 2.45) is 5.92 Å². The van der Waals surface area contributed by atoms with Crippen LogP contribution in [-0.2, 0) is 0 Å². The van der Waals surface area contributed by atoms with Gasteiger partial charge in [-0.2, -0.15) is 10.2 Å². The van der Waals surface area contributed by atoms with Gasteiger partial charge in [0.05, 0.1) is 23.8 Å². The Balaban J connectivity index is 1.63. The van der Waals surface area contributed by atoms with E-state index in [2.05, 4.69) is 25.4 Å². The highest BCUT2D eigenvalue weighted by Crippen LogP contribution is 2.32. The molecule has 27 heavy (non-hydrogen) atoms. The highest BCUT2D eigenvalue weighted by Gasteiger charge is 2.23. The number of nitrogens with zero attached hydrogens (tertiary/aromatic N) is 5. The van der Waals surface area contributed by atoms with Crippen molar-refractivity contribution in [2.75, 3.05) is 29.9 Å². The average molecular weight is 387 g/mol. The first-order valence-corrected chi connectivity index (χ1v) is 9.15. The normalized spacial score (nSPS) is 17.3. The van der Waals surface area contributed by atoms with Gasteiger partial charge in [-0.15, -0.1) is 4.63 Å². The fourth-order valence-corrected chi connectivity index (χ4v) is 3.57. The topological polar surface area (TPSA) is 95.7 Å². The second kappa shape index (κ2) is 7.50. The maximum Gasteiger partial charge on any atom is 0.261 e. The van der Waals surface area contributed by atoms with Crippen molar-refractivity contribution in [1.29, 1.82) is 0 Å². The quantitative estimate of drug-likeness (QED) is 0.714. The molecule has 3 aromatic rings. The van der Waals surface area contributed by atoms with E-state index in [4.69, 9.17) is 11.6 Å². The molecule has 1 fully saturated rings. The number of carbonyl (C=O) groups excluding carboxylic acids is 1. The first kappa shape index (κ1) is 17.7. The minimum Gasteiger partial charge on any atom is -0.396 e. The van der Waals surface area contributed by atoms with Crippen LogP contribution in [0.25, 0.3) is 5.65 Å². The lowest BCUT2D eigenvalue weighted by molar-refractivity contribution is 0.102. The van der Waals surface area contributed by atoms with Gasteiger partial charge in [-0.05, 0) is 37.0 Å². The molecule has 2 aromatic heterocycles. The van der Waals surface area contributed by atoms with Crippen LogP contribution in [-0.4, -0.2) is 50.5 Å². The van der Waals surface area contributed by atoms with Crippen LogP contribution in [0.2, 0.25) is 5.02 Å². The zero-order valence-corrected chi connectivity index (χ0v) is 15.3. The number of aliphatic hydroxyl groups is 1. The standard InChI is InChI=1S/C18H19ClN6O2/c19-13-3-4-16(24-7-1-2-12(10-24)11-26)15(8-13)23-18(27)14-9-22-25-17(14)20-5-6-21-25/h3-6,8-9,12,26H,1-2,7,10-11H2,(H,23,27). The first-order chi connectivity index (χ1) is 13.2. The number of amides is 1. The number of benzene rings is 1. The van der Waals surface area contributed by atoms with Gasteiger partial charge in [0.1, 0.15) is 5.56 Å². The zero-order valence-electron chi connectivity index (χ0n) is 14.5. The smallest absolute Gasteiger partial charge is 0.261 e. The van der Waals surface area contributed by atoms with Crippen molar-refractivity contribution in [2.45, 2.75) is 12.8 Å². The molecule has 0 radical (unpaired) electrons. The van der Waals surface area contributed by atoms with E-state index in [0.717, 1.165) is 31.6 Å². The summed E-state index contributed by atoms with van der Waals surface area (Å²) in [4.78, 5) is 19.2. The van der Waals surface area contributed by atoms with Gasteiger partial charge >= 0.3 is 0 Å². The lowest BCUT2D eigenvalue weighted by Crippen LogP contribution is -2.37. The number of halogens is 1. The van der Waals surface area contributed by atoms with Gasteiger partial charge < -0.3 is 15.3 Å². The molecular formula is C18H19ClN6O2. The highest BCUT2D eigenvalue weighted by molar-refractivity contribution is 6.31. The third-order valence-electron chi connectivity index (χ3n) is 4.74. The molecule has 1 amide bonds. The summed E-state index contributed by atoms with van der Waals surface area (Å²) in [5.41, 5.74) is 2.22. The molecule has 0 bridgehead atoms. The third kappa shape index (κ3) is 3.58. The number of anilines is 2. The lowest BCUT2D eigenvalue weighted by Gasteiger charge is -2.34. The Kier molecular flexibility index (Phi) is 4.91. The summed E-state index contributed by atoms with van der Waals surface area (Å²) < 4.78 is 1.31. The van der Waals surface area contributed by atoms with Crippen LogP contribution < -0.4 is 10.2 Å². The molecule has 4 rings (SSSR count). The van der Waals surface area contributed by atoms with Crippen LogP contribution in [0, 0.1) is 5.92 Å². The number of hydrogen-bond donors (Lipinski definition) is 2. The lowest BCUT2D eigenvalue weighted by atomic mass is 9.98. The predicted molar refractivity (Wildman–Crippen MR) is 102 cm³/mol. The van der Waals surface area contributed by atoms with Gasteiger partial charge in [-0.3, -0.25) is 4.79 Å². The van der Waals surface area contributed by atoms with E-state index >= 15 is 0 Å². The summed E-state index contributed by atoms with van der Waals surface area (Å²) in [7, 11) is 0. The number of nitrogens with one attached hydrogen (secondary N) is 1. The Labute approximate surface area is 160 Å². The molecule has 1 aromatic carbocycles. The summed E-state index contributed by atoms with van der Waals surface area (Å²) >= 11 is 6.17. The summed E-state index contributed by atoms with van der Waals surface area (Å²) in [6.07, 6.45) is 6.46. The van der Waals surface area contributed by atoms with Gasteiger partial charge in [-0.25, -0.2) is 4.98 Å². The number of fused-ring (bicyclic) bond motifs is 1. The van der Waals surface area contributed by atoms with Crippen molar-refractivity contribution in [3.8, 4) is 0 Å². The van der Waals surface area contributed by atoms with Crippen molar-refractivity contribution >= 4 is 34.5 Å². The number of piperidine rings is 1. The molecule has 2 N–H and O–H groups in total. The Morgan fingerprint density at radius 3 is 3.07 bits per heavy atom. The number of aliphatic hydroxyl groups excluding tert-OH is 1.